The number of aliphatic hydroxyl groups is 1. The molecule has 2 N–H and O–H groups in total. The molecule has 2 nitrogen and oxygen atoms in total. The van der Waals surface area contributed by atoms with Gasteiger partial charge >= 0.3 is 0 Å². The van der Waals surface area contributed by atoms with E-state index in [1.165, 1.54) is 24.2 Å². The van der Waals surface area contributed by atoms with Crippen molar-refractivity contribution >= 4 is 11.8 Å². The maximum Gasteiger partial charge on any atom is 0.0771 e. The Morgan fingerprint density at radius 2 is 1.95 bits per heavy atom. The monoisotopic (exact) mass is 293 g/mol. The zero-order chi connectivity index (χ0) is 14.3. The lowest BCUT2D eigenvalue weighted by molar-refractivity contribution is -0.00809. The lowest BCUT2D eigenvalue weighted by atomic mass is 9.78. The Balaban J connectivity index is 1.59. The fourth-order valence-electron chi connectivity index (χ4n) is 2.88. The van der Waals surface area contributed by atoms with Gasteiger partial charge < -0.3 is 10.4 Å². The second-order valence-corrected chi connectivity index (χ2v) is 7.08. The second kappa shape index (κ2) is 8.06. The van der Waals surface area contributed by atoms with Gasteiger partial charge in [0.2, 0.25) is 0 Å². The van der Waals surface area contributed by atoms with Crippen LogP contribution in [0.15, 0.2) is 35.2 Å². The summed E-state index contributed by atoms with van der Waals surface area (Å²) < 4.78 is 0. The highest BCUT2D eigenvalue weighted by Crippen LogP contribution is 2.33. The van der Waals surface area contributed by atoms with Crippen LogP contribution >= 0.6 is 11.8 Å². The first-order valence-electron chi connectivity index (χ1n) is 7.83. The molecule has 0 unspecified atom stereocenters. The van der Waals surface area contributed by atoms with Gasteiger partial charge in [0, 0.05) is 23.7 Å². The second-order valence-electron chi connectivity index (χ2n) is 5.91. The molecule has 1 aliphatic carbocycles. The van der Waals surface area contributed by atoms with Crippen molar-refractivity contribution in [3.63, 3.8) is 0 Å². The quantitative estimate of drug-likeness (QED) is 0.594. The maximum absolute atomic E-state index is 10.5. The summed E-state index contributed by atoms with van der Waals surface area (Å²) in [4.78, 5) is 1.32. The molecule has 0 radical (unpaired) electrons. The third-order valence-corrected chi connectivity index (χ3v) is 5.37. The smallest absolute Gasteiger partial charge is 0.0771 e. The van der Waals surface area contributed by atoms with Crippen molar-refractivity contribution in [3.05, 3.63) is 30.3 Å². The van der Waals surface area contributed by atoms with Crippen molar-refractivity contribution in [2.45, 2.75) is 49.5 Å². The molecule has 20 heavy (non-hydrogen) atoms. The first-order chi connectivity index (χ1) is 9.72. The summed E-state index contributed by atoms with van der Waals surface area (Å²) in [5, 5.41) is 14.0. The molecule has 0 amide bonds. The van der Waals surface area contributed by atoms with Crippen molar-refractivity contribution in [3.8, 4) is 0 Å². The van der Waals surface area contributed by atoms with Crippen LogP contribution in [0.1, 0.15) is 39.0 Å². The van der Waals surface area contributed by atoms with Gasteiger partial charge in [-0.25, -0.2) is 0 Å². The highest BCUT2D eigenvalue weighted by atomic mass is 32.2. The molecule has 1 aromatic rings. The molecule has 0 heterocycles. The van der Waals surface area contributed by atoms with E-state index in [0.717, 1.165) is 37.6 Å². The van der Waals surface area contributed by atoms with Gasteiger partial charge in [-0.15, -0.1) is 11.8 Å². The molecular formula is C17H27NOS. The van der Waals surface area contributed by atoms with E-state index >= 15 is 0 Å². The summed E-state index contributed by atoms with van der Waals surface area (Å²) in [5.41, 5.74) is -0.455. The number of nitrogens with one attached hydrogen (secondary N) is 1. The van der Waals surface area contributed by atoms with Crippen molar-refractivity contribution in [1.29, 1.82) is 0 Å². The molecule has 0 aliphatic heterocycles. The highest BCUT2D eigenvalue weighted by Gasteiger charge is 2.31. The molecule has 0 saturated heterocycles. The number of benzene rings is 1. The summed E-state index contributed by atoms with van der Waals surface area (Å²) in [6.07, 6.45) is 5.56. The molecule has 1 aromatic carbocycles. The number of rotatable bonds is 7. The predicted octanol–water partition coefficient (Wildman–Crippen LogP) is 3.70. The van der Waals surface area contributed by atoms with Crippen LogP contribution in [0, 0.1) is 5.92 Å². The minimum absolute atomic E-state index is 0.455. The number of hydrogen-bond donors (Lipinski definition) is 2. The van der Waals surface area contributed by atoms with Gasteiger partial charge in [-0.05, 0) is 43.7 Å². The summed E-state index contributed by atoms with van der Waals surface area (Å²) >= 11 is 1.87. The first-order valence-corrected chi connectivity index (χ1v) is 8.81. The normalized spacial score (nSPS) is 26.6. The van der Waals surface area contributed by atoms with E-state index in [2.05, 4.69) is 36.5 Å². The Bertz CT molecular complexity index is 374. The van der Waals surface area contributed by atoms with Crippen LogP contribution in [-0.2, 0) is 0 Å². The predicted molar refractivity (Wildman–Crippen MR) is 87.2 cm³/mol. The Hall–Kier alpha value is -0.510. The van der Waals surface area contributed by atoms with Gasteiger partial charge in [-0.3, -0.25) is 0 Å². The molecule has 1 saturated carbocycles. The minimum Gasteiger partial charge on any atom is -0.389 e. The third-order valence-electron chi connectivity index (χ3n) is 4.36. The zero-order valence-electron chi connectivity index (χ0n) is 12.5. The standard InChI is InChI=1S/C17H27NOS/c1-2-15-8-10-17(19,11-9-15)14-18-12-13-20-16-6-4-3-5-7-16/h3-7,15,18-19H,2,8-14H2,1H3. The SMILES string of the molecule is CCC1CCC(O)(CNCCSc2ccccc2)CC1. The van der Waals surface area contributed by atoms with Gasteiger partial charge in [-0.2, -0.15) is 0 Å². The molecule has 0 spiro atoms. The lowest BCUT2D eigenvalue weighted by Gasteiger charge is -2.36. The topological polar surface area (TPSA) is 32.3 Å². The first kappa shape index (κ1) is 15.9. The van der Waals surface area contributed by atoms with Crippen LogP contribution < -0.4 is 5.32 Å². The summed E-state index contributed by atoms with van der Waals surface area (Å²) in [6.45, 7) is 3.96. The third kappa shape index (κ3) is 5.12. The fraction of sp³-hybridized carbons (Fsp3) is 0.647. The summed E-state index contributed by atoms with van der Waals surface area (Å²) in [5.74, 6) is 1.89. The van der Waals surface area contributed by atoms with E-state index in [9.17, 15) is 5.11 Å². The van der Waals surface area contributed by atoms with Crippen LogP contribution in [0.25, 0.3) is 0 Å². The number of thioether (sulfide) groups is 1. The van der Waals surface area contributed by atoms with Crippen LogP contribution in [0.3, 0.4) is 0 Å². The van der Waals surface area contributed by atoms with Gasteiger partial charge in [0.15, 0.2) is 0 Å². The Morgan fingerprint density at radius 1 is 1.25 bits per heavy atom. The van der Waals surface area contributed by atoms with E-state index in [-0.39, 0.29) is 0 Å². The average molecular weight is 293 g/mol. The van der Waals surface area contributed by atoms with Crippen molar-refractivity contribution in [1.82, 2.24) is 5.32 Å². The molecule has 3 heteroatoms. The van der Waals surface area contributed by atoms with E-state index in [0.29, 0.717) is 0 Å². The highest BCUT2D eigenvalue weighted by molar-refractivity contribution is 7.99. The molecule has 112 valence electrons. The molecule has 0 aromatic heterocycles. The molecule has 2 rings (SSSR count). The summed E-state index contributed by atoms with van der Waals surface area (Å²) in [7, 11) is 0. The largest absolute Gasteiger partial charge is 0.389 e. The van der Waals surface area contributed by atoms with Crippen LogP contribution in [0.2, 0.25) is 0 Å². The Kier molecular flexibility index (Phi) is 6.40. The van der Waals surface area contributed by atoms with Crippen molar-refractivity contribution in [2.75, 3.05) is 18.8 Å². The molecule has 0 atom stereocenters. The van der Waals surface area contributed by atoms with Gasteiger partial charge in [-0.1, -0.05) is 31.5 Å². The molecule has 1 fully saturated rings. The fourth-order valence-corrected chi connectivity index (χ4v) is 3.71. The maximum atomic E-state index is 10.5. The van der Waals surface area contributed by atoms with Gasteiger partial charge in [0.25, 0.3) is 0 Å². The van der Waals surface area contributed by atoms with E-state index in [1.54, 1.807) is 0 Å². The van der Waals surface area contributed by atoms with Crippen LogP contribution in [-0.4, -0.2) is 29.5 Å². The average Bonchev–Trinajstić information content (AvgIpc) is 2.49. The lowest BCUT2D eigenvalue weighted by Crippen LogP contribution is -2.44. The molecule has 0 bridgehead atoms. The number of hydrogen-bond acceptors (Lipinski definition) is 3. The van der Waals surface area contributed by atoms with Crippen LogP contribution in [0.5, 0.6) is 0 Å². The van der Waals surface area contributed by atoms with Crippen molar-refractivity contribution in [2.24, 2.45) is 5.92 Å². The summed E-state index contributed by atoms with van der Waals surface area (Å²) in [6, 6.07) is 10.5. The van der Waals surface area contributed by atoms with Crippen LogP contribution in [0.4, 0.5) is 0 Å². The van der Waals surface area contributed by atoms with Crippen molar-refractivity contribution < 1.29 is 5.11 Å². The van der Waals surface area contributed by atoms with Gasteiger partial charge in [0.05, 0.1) is 5.60 Å². The van der Waals surface area contributed by atoms with E-state index in [1.807, 2.05) is 17.8 Å². The Labute approximate surface area is 127 Å². The van der Waals surface area contributed by atoms with E-state index < -0.39 is 5.60 Å². The Morgan fingerprint density at radius 3 is 2.60 bits per heavy atom. The van der Waals surface area contributed by atoms with E-state index in [4.69, 9.17) is 0 Å². The van der Waals surface area contributed by atoms with Gasteiger partial charge in [0.1, 0.15) is 0 Å². The minimum atomic E-state index is -0.455. The molecular weight excluding hydrogens is 266 g/mol. The zero-order valence-corrected chi connectivity index (χ0v) is 13.3. The molecule has 1 aliphatic rings.